The number of esters is 3. The van der Waals surface area contributed by atoms with Crippen molar-refractivity contribution in [3.05, 3.63) is 83.5 Å². The summed E-state index contributed by atoms with van der Waals surface area (Å²) in [5.41, 5.74) is 62.3. The zero-order valence-electron chi connectivity index (χ0n) is 84.8. The van der Waals surface area contributed by atoms with Crippen LogP contribution in [0.3, 0.4) is 0 Å². The SMILES string of the molecule is CC1(C)O[C@H]2OC(CO)(CO)[C@@H](N=[N+]=[N-])[C@H]2O1.CCC1(CC)OC(OC(C)=O)[C@H](OC(C)=O)[C@@H]1N=[N+]=[N-].CCC1(CC)O[C@@H]2OC(C)(C)O[C@@H]2[C@@H]1N=[N+]=[N-].CCC1(CC)O[C@@H]2OC(C)(C)O[C@@H]2[C@@H]1N=[N+]=[N-].CCC1(CC)O[C@@H]2OC(C)(C)O[C@@H]2[C@H]1O.[B][C@@H]1OC(CC)(CC)[C@@H](N=[N+]=[N-])[C@H]1OC(C)=O.[B][C@@H]1O[C@@]2(CC)CO[C@@H]1[C@@H]2N=[N+]=[N-].[B][C@@H]1O[C@@]2(CC)CO[C@@H]1[C@@H]2N=[N+]=[N-].[B][C@@H]1O[C@@]2(CO)CO[C@@H]1[C@@H]2N=[N+]=[N-]. The van der Waals surface area contributed by atoms with Crippen LogP contribution in [0, 0.1) is 0 Å². The number of aliphatic hydroxyl groups is 4. The van der Waals surface area contributed by atoms with Crippen LogP contribution >= 0.6 is 0 Å². The van der Waals surface area contributed by atoms with Crippen molar-refractivity contribution in [2.45, 2.75) is 475 Å². The fraction of sp³-hybridized carbons (Fsp3) is 0.964. The minimum atomic E-state index is -1.35. The standard InChI is InChI=1S/C12H19N3O5.2C11H19N3O3.C11H20O4.C10H16BN3O3.C9H15N3O5.2C7H10BN3O2.C6H8BN3O3/c1-5-12(6-2)10(14-15-13)9(18-7(3)16)11(20-12)19-8(4)17;2*1-5-11(6-2)8(13-14-12)7-9(17-11)16-10(3,4)15-7;1-5-11(6-2)8(12)7-9(15-11)14-10(3,4)13-7;1-4-10(5-2)8(13-14-12)7(9(11)17-10)16-6(3)15;1-8(2)15-5-6(11-12-10)9(3-13,4-14)17-7(5)16-8;2*1-2-7-3-12-4(6(8)13-7)5(7)10-11-9;7-5-3-4(9-10-8)6(1-11,13-5)2-12-3/h9-11H,5-6H2,1-4H3;2*7-9H,5-6H2,1-4H3;7-9,12H,5-6H2,1-4H3;7-9H,4-5H2,1-3H3;5-7,13-14H,3-4H2,1-2H3;2*4-6H,2-3H2,1H3;3-5,11H,1-2H2/t9-,10+,11?;2*7-,8+,9+;7-,8-,9+;7-,8+,9-;5-,6+,7+;2*4-,5+,6-,7+;3-,4+,5-,6+/m111111111/s1. The van der Waals surface area contributed by atoms with Gasteiger partial charge in [0, 0.05) is 78.1 Å². The van der Waals surface area contributed by atoms with E-state index in [-0.39, 0.29) is 67.9 Å². The lowest BCUT2D eigenvalue weighted by molar-refractivity contribution is -0.240. The fourth-order valence-corrected chi connectivity index (χ4v) is 20.8. The minimum Gasteiger partial charge on any atom is -0.460 e. The van der Waals surface area contributed by atoms with Gasteiger partial charge in [-0.15, -0.1) is 0 Å². The largest absolute Gasteiger partial charge is 0.460 e. The van der Waals surface area contributed by atoms with E-state index in [0.29, 0.717) is 38.9 Å². The first-order valence-electron chi connectivity index (χ1n) is 47.7. The lowest BCUT2D eigenvalue weighted by Crippen LogP contribution is -2.49. The Morgan fingerprint density at radius 1 is 0.289 bits per heavy atom. The van der Waals surface area contributed by atoms with E-state index in [0.717, 1.165) is 51.4 Å². The second-order valence-corrected chi connectivity index (χ2v) is 38.2. The number of azide groups is 8. The number of ether oxygens (including phenoxy) is 23. The first kappa shape index (κ1) is 119. The Morgan fingerprint density at radius 3 is 0.838 bits per heavy atom. The lowest BCUT2D eigenvalue weighted by atomic mass is 9.84. The third-order valence-corrected chi connectivity index (χ3v) is 28.6. The molecule has 16 aliphatic heterocycles. The second-order valence-electron chi connectivity index (χ2n) is 38.2. The summed E-state index contributed by atoms with van der Waals surface area (Å²) in [7, 11) is 22.7. The number of rotatable bonds is 26. The second kappa shape index (κ2) is 49.3. The molecule has 0 aliphatic carbocycles. The molecule has 16 fully saturated rings. The Kier molecular flexibility index (Phi) is 41.5. The summed E-state index contributed by atoms with van der Waals surface area (Å²) in [5, 5.41) is 67.6. The van der Waals surface area contributed by atoms with Crippen molar-refractivity contribution < 1.29 is 144 Å². The van der Waals surface area contributed by atoms with Gasteiger partial charge in [-0.25, -0.2) is 0 Å². The van der Waals surface area contributed by atoms with E-state index < -0.39 is 215 Å². The number of carbonyl (C=O) groups excluding carboxylic acids is 3. The van der Waals surface area contributed by atoms with Crippen molar-refractivity contribution in [1.82, 2.24) is 0 Å². The van der Waals surface area contributed by atoms with Crippen LogP contribution in [0.4, 0.5) is 0 Å². The van der Waals surface area contributed by atoms with Gasteiger partial charge in [0.1, 0.15) is 109 Å². The molecule has 8 radical (unpaired) electrons. The van der Waals surface area contributed by atoms with Gasteiger partial charge in [-0.2, -0.15) is 0 Å². The molecule has 16 heterocycles. The van der Waals surface area contributed by atoms with Crippen LogP contribution in [-0.4, -0.2) is 348 Å². The van der Waals surface area contributed by atoms with Crippen molar-refractivity contribution in [3.8, 4) is 0 Å². The first-order chi connectivity index (χ1) is 67.0. The average Bonchev–Trinajstić information content (AvgIpc) is 1.59. The lowest BCUT2D eigenvalue weighted by Gasteiger charge is -2.33. The van der Waals surface area contributed by atoms with Crippen LogP contribution in [0.15, 0.2) is 40.9 Å². The summed E-state index contributed by atoms with van der Waals surface area (Å²) in [6.45, 7) is 41.8. The van der Waals surface area contributed by atoms with E-state index in [9.17, 15) is 29.7 Å². The molecule has 16 saturated heterocycles. The average molecular weight is 2010 g/mol. The molecule has 0 aromatic carbocycles. The van der Waals surface area contributed by atoms with Crippen molar-refractivity contribution >= 4 is 49.3 Å². The monoisotopic (exact) mass is 2010 g/mol. The van der Waals surface area contributed by atoms with Crippen LogP contribution < -0.4 is 0 Å². The van der Waals surface area contributed by atoms with Gasteiger partial charge < -0.3 is 129 Å². The Hall–Kier alpha value is -7.81. The molecule has 16 rings (SSSR count). The summed E-state index contributed by atoms with van der Waals surface area (Å²) in [5.74, 6) is -4.42. The van der Waals surface area contributed by atoms with Crippen molar-refractivity contribution in [1.29, 1.82) is 0 Å². The topological polar surface area (TPSA) is 735 Å². The molecular weight excluding hydrogens is 1870 g/mol. The van der Waals surface area contributed by atoms with Gasteiger partial charge in [0.2, 0.25) is 6.29 Å². The predicted molar refractivity (Wildman–Crippen MR) is 498 cm³/mol. The maximum Gasteiger partial charge on any atom is 0.305 e. The minimum absolute atomic E-state index is 0.228. The van der Waals surface area contributed by atoms with Crippen molar-refractivity contribution in [2.24, 2.45) is 40.9 Å². The van der Waals surface area contributed by atoms with Crippen molar-refractivity contribution in [3.63, 3.8) is 0 Å². The molecule has 54 nitrogen and oxygen atoms in total. The van der Waals surface area contributed by atoms with Gasteiger partial charge in [-0.3, -0.25) is 14.4 Å². The molecule has 16 aliphatic rings. The van der Waals surface area contributed by atoms with Gasteiger partial charge >= 0.3 is 17.9 Å². The number of aliphatic hydroxyl groups excluding tert-OH is 4. The van der Waals surface area contributed by atoms with E-state index in [4.69, 9.17) is 190 Å². The van der Waals surface area contributed by atoms with E-state index in [1.807, 2.05) is 125 Å². The molecule has 58 heteroatoms. The van der Waals surface area contributed by atoms with E-state index in [1.165, 1.54) is 20.8 Å². The molecule has 0 aromatic rings. The maximum atomic E-state index is 11.2. The van der Waals surface area contributed by atoms with Crippen LogP contribution in [0.5, 0.6) is 0 Å². The Labute approximate surface area is 828 Å². The van der Waals surface area contributed by atoms with Crippen molar-refractivity contribution in [2.75, 3.05) is 39.6 Å². The quantitative estimate of drug-likeness (QED) is 0.0156. The molecule has 0 saturated carbocycles. The van der Waals surface area contributed by atoms with Gasteiger partial charge in [0.05, 0.1) is 122 Å². The third kappa shape index (κ3) is 24.9. The first-order valence-corrected chi connectivity index (χ1v) is 47.7. The van der Waals surface area contributed by atoms with Crippen LogP contribution in [-0.2, 0) is 123 Å². The highest BCUT2D eigenvalue weighted by molar-refractivity contribution is 6.12. The van der Waals surface area contributed by atoms with Gasteiger partial charge in [0.15, 0.2) is 54.4 Å². The molecular formula is C84H136B4N24O30. The highest BCUT2D eigenvalue weighted by Crippen LogP contribution is 2.53. The summed E-state index contributed by atoms with van der Waals surface area (Å²) >= 11 is 0. The molecule has 6 bridgehead atoms. The van der Waals surface area contributed by atoms with E-state index in [1.54, 1.807) is 13.8 Å². The Bertz CT molecular complexity index is 4370. The summed E-state index contributed by atoms with van der Waals surface area (Å²) in [4.78, 5) is 55.8. The Balaban J connectivity index is 0.000000196. The number of fused-ring (bicyclic) bond motifs is 10. The zero-order valence-corrected chi connectivity index (χ0v) is 84.8. The van der Waals surface area contributed by atoms with E-state index >= 15 is 0 Å². The predicted octanol–water partition coefficient (Wildman–Crippen LogP) is 11.3. The normalized spacial score (nSPS) is 38.5. The zero-order chi connectivity index (χ0) is 106. The summed E-state index contributed by atoms with van der Waals surface area (Å²) in [6, 6.07) is -6.12. The molecule has 1 unspecified atom stereocenters. The van der Waals surface area contributed by atoms with Gasteiger partial charge in [-0.1, -0.05) is 124 Å². The fourth-order valence-electron chi connectivity index (χ4n) is 20.8. The molecule has 142 heavy (non-hydrogen) atoms. The molecule has 0 amide bonds. The van der Waals surface area contributed by atoms with E-state index in [2.05, 4.69) is 80.2 Å². The van der Waals surface area contributed by atoms with Crippen LogP contribution in [0.25, 0.3) is 83.5 Å². The number of carbonyl (C=O) groups is 3. The van der Waals surface area contributed by atoms with Crippen LogP contribution in [0.1, 0.15) is 236 Å². The summed E-state index contributed by atoms with van der Waals surface area (Å²) < 4.78 is 128. The highest BCUT2D eigenvalue weighted by atomic mass is 16.9. The molecule has 784 valence electrons. The molecule has 4 N–H and O–H groups in total. The molecule has 0 spiro atoms. The third-order valence-electron chi connectivity index (χ3n) is 28.6. The van der Waals surface area contributed by atoms with Crippen LogP contribution in [0.2, 0.25) is 0 Å². The smallest absolute Gasteiger partial charge is 0.305 e. The Morgan fingerprint density at radius 2 is 0.542 bits per heavy atom. The number of hydrogen-bond acceptors (Lipinski definition) is 38. The highest BCUT2D eigenvalue weighted by Gasteiger charge is 2.68. The van der Waals surface area contributed by atoms with Gasteiger partial charge in [0.25, 0.3) is 0 Å². The maximum absolute atomic E-state index is 11.2. The number of hydrogen-bond donors (Lipinski definition) is 4. The molecule has 30 atom stereocenters. The number of nitrogens with zero attached hydrogens (tertiary/aromatic N) is 24. The molecule has 0 aromatic heterocycles. The summed E-state index contributed by atoms with van der Waals surface area (Å²) in [6.07, 6.45) is 0.565. The van der Waals surface area contributed by atoms with Gasteiger partial charge in [-0.05, 0) is 177 Å².